The van der Waals surface area contributed by atoms with Gasteiger partial charge < -0.3 is 5.11 Å². The van der Waals surface area contributed by atoms with Crippen molar-refractivity contribution >= 4 is 0 Å². The van der Waals surface area contributed by atoms with E-state index in [0.717, 1.165) is 0 Å². The number of aliphatic hydroxyl groups is 1. The van der Waals surface area contributed by atoms with E-state index in [9.17, 15) is 5.11 Å². The van der Waals surface area contributed by atoms with E-state index >= 15 is 0 Å². The van der Waals surface area contributed by atoms with E-state index in [1.54, 1.807) is 23.1 Å². The molecule has 1 N–H and O–H groups in total. The molecular weight excluding hydrogens is 128 g/mol. The molecule has 0 fully saturated rings. The predicted molar refractivity (Wildman–Crippen MR) is 38.3 cm³/mol. The molecule has 0 aromatic carbocycles. The number of aromatic nitrogens is 2. The average Bonchev–Trinajstić information content (AvgIpc) is 2.36. The summed E-state index contributed by atoms with van der Waals surface area (Å²) in [5.41, 5.74) is 0. The van der Waals surface area contributed by atoms with Gasteiger partial charge in [-0.25, -0.2) is 4.68 Å². The molecule has 1 aromatic rings. The van der Waals surface area contributed by atoms with Gasteiger partial charge in [0.25, 0.3) is 0 Å². The lowest BCUT2D eigenvalue weighted by atomic mass is 10.2. The Balaban J connectivity index is 2.68. The summed E-state index contributed by atoms with van der Waals surface area (Å²) in [6.07, 6.45) is 2.92. The van der Waals surface area contributed by atoms with Crippen LogP contribution in [0, 0.1) is 5.92 Å². The molecule has 0 aliphatic carbocycles. The fourth-order valence-electron chi connectivity index (χ4n) is 0.743. The lowest BCUT2D eigenvalue weighted by Gasteiger charge is -2.13. The first-order valence-corrected chi connectivity index (χ1v) is 3.39. The van der Waals surface area contributed by atoms with Gasteiger partial charge in [0.15, 0.2) is 0 Å². The van der Waals surface area contributed by atoms with Crippen LogP contribution in [-0.4, -0.2) is 14.9 Å². The molecule has 0 bridgehead atoms. The van der Waals surface area contributed by atoms with E-state index in [4.69, 9.17) is 0 Å². The molecule has 0 saturated heterocycles. The quantitative estimate of drug-likeness (QED) is 0.666. The molecule has 1 atom stereocenters. The molecule has 10 heavy (non-hydrogen) atoms. The zero-order valence-electron chi connectivity index (χ0n) is 6.23. The molecule has 3 nitrogen and oxygen atoms in total. The maximum Gasteiger partial charge on any atom is 0.149 e. The minimum Gasteiger partial charge on any atom is -0.371 e. The molecule has 3 heteroatoms. The number of rotatable bonds is 2. The molecule has 0 radical (unpaired) electrons. The van der Waals surface area contributed by atoms with Crippen molar-refractivity contribution in [3.63, 3.8) is 0 Å². The summed E-state index contributed by atoms with van der Waals surface area (Å²) < 4.78 is 1.55. The van der Waals surface area contributed by atoms with Crippen LogP contribution in [0.2, 0.25) is 0 Å². The van der Waals surface area contributed by atoms with Gasteiger partial charge in [-0.1, -0.05) is 13.8 Å². The first-order valence-electron chi connectivity index (χ1n) is 3.39. The second kappa shape index (κ2) is 2.84. The average molecular weight is 140 g/mol. The van der Waals surface area contributed by atoms with Crippen LogP contribution in [0.25, 0.3) is 0 Å². The van der Waals surface area contributed by atoms with Crippen LogP contribution < -0.4 is 0 Å². The van der Waals surface area contributed by atoms with Crippen molar-refractivity contribution in [2.24, 2.45) is 5.92 Å². The van der Waals surface area contributed by atoms with Gasteiger partial charge in [0.1, 0.15) is 6.23 Å². The van der Waals surface area contributed by atoms with Crippen molar-refractivity contribution in [2.45, 2.75) is 20.1 Å². The topological polar surface area (TPSA) is 38.0 Å². The Kier molecular flexibility index (Phi) is 2.06. The summed E-state index contributed by atoms with van der Waals surface area (Å²) in [5.74, 6) is 0.208. The van der Waals surface area contributed by atoms with Gasteiger partial charge in [-0.15, -0.1) is 0 Å². The van der Waals surface area contributed by atoms with Crippen LogP contribution in [0.4, 0.5) is 0 Å². The Bertz CT molecular complexity index is 181. The second-order valence-corrected chi connectivity index (χ2v) is 2.64. The van der Waals surface area contributed by atoms with Crippen LogP contribution in [0.1, 0.15) is 20.1 Å². The maximum atomic E-state index is 9.39. The summed E-state index contributed by atoms with van der Waals surface area (Å²) >= 11 is 0. The summed E-state index contributed by atoms with van der Waals surface area (Å²) in [7, 11) is 0. The van der Waals surface area contributed by atoms with E-state index in [1.807, 2.05) is 13.8 Å². The summed E-state index contributed by atoms with van der Waals surface area (Å²) in [6.45, 7) is 3.90. The predicted octanol–water partition coefficient (Wildman–Crippen LogP) is 1.03. The molecule has 1 rings (SSSR count). The van der Waals surface area contributed by atoms with Gasteiger partial charge in [0.05, 0.1) is 0 Å². The Labute approximate surface area is 60.3 Å². The van der Waals surface area contributed by atoms with Gasteiger partial charge in [-0.05, 0) is 12.0 Å². The monoisotopic (exact) mass is 140 g/mol. The maximum absolute atomic E-state index is 9.39. The van der Waals surface area contributed by atoms with Crippen molar-refractivity contribution in [2.75, 3.05) is 0 Å². The first-order chi connectivity index (χ1) is 4.72. The van der Waals surface area contributed by atoms with Crippen LogP contribution in [0.5, 0.6) is 0 Å². The van der Waals surface area contributed by atoms with Gasteiger partial charge in [0.2, 0.25) is 0 Å². The van der Waals surface area contributed by atoms with E-state index < -0.39 is 6.23 Å². The fourth-order valence-corrected chi connectivity index (χ4v) is 0.743. The third kappa shape index (κ3) is 1.36. The largest absolute Gasteiger partial charge is 0.371 e. The molecule has 0 aliphatic rings. The number of nitrogens with zero attached hydrogens (tertiary/aromatic N) is 2. The highest BCUT2D eigenvalue weighted by Gasteiger charge is 2.09. The molecule has 0 amide bonds. The van der Waals surface area contributed by atoms with Crippen LogP contribution in [0.15, 0.2) is 18.5 Å². The number of hydrogen-bond donors (Lipinski definition) is 1. The minimum atomic E-state index is -0.491. The molecule has 1 aromatic heterocycles. The second-order valence-electron chi connectivity index (χ2n) is 2.64. The van der Waals surface area contributed by atoms with Crippen LogP contribution in [-0.2, 0) is 0 Å². The van der Waals surface area contributed by atoms with E-state index in [2.05, 4.69) is 5.10 Å². The van der Waals surface area contributed by atoms with Crippen LogP contribution in [0.3, 0.4) is 0 Å². The van der Waals surface area contributed by atoms with E-state index in [0.29, 0.717) is 0 Å². The van der Waals surface area contributed by atoms with Crippen molar-refractivity contribution in [3.05, 3.63) is 18.5 Å². The highest BCUT2D eigenvalue weighted by molar-refractivity contribution is 4.79. The molecule has 0 aliphatic heterocycles. The third-order valence-corrected chi connectivity index (χ3v) is 1.39. The minimum absolute atomic E-state index is 0.208. The van der Waals surface area contributed by atoms with Crippen LogP contribution >= 0.6 is 0 Å². The normalized spacial score (nSPS) is 14.0. The Hall–Kier alpha value is -0.830. The highest BCUT2D eigenvalue weighted by Crippen LogP contribution is 2.11. The summed E-state index contributed by atoms with van der Waals surface area (Å²) in [4.78, 5) is 0. The highest BCUT2D eigenvalue weighted by atomic mass is 16.3. The molecule has 1 unspecified atom stereocenters. The number of hydrogen-bond acceptors (Lipinski definition) is 2. The van der Waals surface area contributed by atoms with Crippen molar-refractivity contribution in [1.29, 1.82) is 0 Å². The van der Waals surface area contributed by atoms with Gasteiger partial charge in [-0.2, -0.15) is 5.10 Å². The molecule has 1 heterocycles. The molecular formula is C7H12N2O. The lowest BCUT2D eigenvalue weighted by Crippen LogP contribution is -2.14. The lowest BCUT2D eigenvalue weighted by molar-refractivity contribution is 0.0449. The zero-order chi connectivity index (χ0) is 7.56. The van der Waals surface area contributed by atoms with Crippen molar-refractivity contribution < 1.29 is 5.11 Å². The van der Waals surface area contributed by atoms with Gasteiger partial charge in [0, 0.05) is 12.4 Å². The summed E-state index contributed by atoms with van der Waals surface area (Å²) in [6, 6.07) is 1.80. The Morgan fingerprint density at radius 3 is 2.60 bits per heavy atom. The van der Waals surface area contributed by atoms with E-state index in [-0.39, 0.29) is 5.92 Å². The molecule has 0 saturated carbocycles. The molecule has 56 valence electrons. The standard InChI is InChI=1S/C7H12N2O/c1-6(2)7(10)9-5-3-4-8-9/h3-7,10H,1-2H3. The SMILES string of the molecule is CC(C)C(O)n1cccn1. The van der Waals surface area contributed by atoms with Gasteiger partial charge in [-0.3, -0.25) is 0 Å². The first kappa shape index (κ1) is 7.28. The zero-order valence-corrected chi connectivity index (χ0v) is 6.23. The molecule has 0 spiro atoms. The fraction of sp³-hybridized carbons (Fsp3) is 0.571. The third-order valence-electron chi connectivity index (χ3n) is 1.39. The number of aliphatic hydroxyl groups excluding tert-OH is 1. The summed E-state index contributed by atoms with van der Waals surface area (Å²) in [5, 5.41) is 13.3. The van der Waals surface area contributed by atoms with Gasteiger partial charge >= 0.3 is 0 Å². The Morgan fingerprint density at radius 2 is 2.20 bits per heavy atom. The van der Waals surface area contributed by atoms with E-state index in [1.165, 1.54) is 0 Å². The van der Waals surface area contributed by atoms with Crippen molar-refractivity contribution in [3.8, 4) is 0 Å². The van der Waals surface area contributed by atoms with Crippen molar-refractivity contribution in [1.82, 2.24) is 9.78 Å². The smallest absolute Gasteiger partial charge is 0.149 e. The Morgan fingerprint density at radius 1 is 1.50 bits per heavy atom.